The fourth-order valence-electron chi connectivity index (χ4n) is 1.23. The van der Waals surface area contributed by atoms with Gasteiger partial charge in [0.15, 0.2) is 0 Å². The number of hydrogen-bond acceptors (Lipinski definition) is 2. The van der Waals surface area contributed by atoms with Crippen LogP contribution >= 0.6 is 10.7 Å². The molecular formula is C8H13ClO2S. The quantitative estimate of drug-likeness (QED) is 0.526. The molecule has 0 aliphatic heterocycles. The van der Waals surface area contributed by atoms with Crippen LogP contribution in [0.2, 0.25) is 0 Å². The fourth-order valence-corrected chi connectivity index (χ4v) is 2.82. The molecule has 0 spiro atoms. The highest BCUT2D eigenvalue weighted by atomic mass is 35.7. The third-order valence-corrected chi connectivity index (χ3v) is 4.97. The van der Waals surface area contributed by atoms with E-state index in [2.05, 4.69) is 6.58 Å². The van der Waals surface area contributed by atoms with Crippen molar-refractivity contribution in [2.45, 2.75) is 37.4 Å². The Kier molecular flexibility index (Phi) is 2.55. The van der Waals surface area contributed by atoms with Crippen LogP contribution in [-0.4, -0.2) is 13.2 Å². The smallest absolute Gasteiger partial charge is 0.212 e. The maximum absolute atomic E-state index is 11.1. The van der Waals surface area contributed by atoms with Crippen LogP contribution in [0.15, 0.2) is 12.2 Å². The van der Waals surface area contributed by atoms with Gasteiger partial charge in [0.05, 0.1) is 4.75 Å². The molecule has 0 aromatic heterocycles. The van der Waals surface area contributed by atoms with E-state index >= 15 is 0 Å². The van der Waals surface area contributed by atoms with Gasteiger partial charge in [-0.1, -0.05) is 19.1 Å². The zero-order valence-corrected chi connectivity index (χ0v) is 8.71. The predicted molar refractivity (Wildman–Crippen MR) is 50.8 cm³/mol. The average Bonchev–Trinajstić information content (AvgIpc) is 2.67. The van der Waals surface area contributed by atoms with Crippen molar-refractivity contribution in [3.05, 3.63) is 12.2 Å². The van der Waals surface area contributed by atoms with Gasteiger partial charge in [0.1, 0.15) is 0 Å². The van der Waals surface area contributed by atoms with Crippen LogP contribution in [0.5, 0.6) is 0 Å². The highest BCUT2D eigenvalue weighted by Gasteiger charge is 2.53. The van der Waals surface area contributed by atoms with Crippen LogP contribution in [0, 0.1) is 0 Å². The standard InChI is InChI=1S/C8H13ClO2S/c1-3-7(2)6-8(4-5-8)12(9,10)11/h2-6H2,1H3. The first kappa shape index (κ1) is 10.1. The van der Waals surface area contributed by atoms with Crippen molar-refractivity contribution in [3.63, 3.8) is 0 Å². The van der Waals surface area contributed by atoms with E-state index < -0.39 is 13.8 Å². The summed E-state index contributed by atoms with van der Waals surface area (Å²) in [7, 11) is 1.93. The summed E-state index contributed by atoms with van der Waals surface area (Å²) in [4.78, 5) is 0. The highest BCUT2D eigenvalue weighted by Crippen LogP contribution is 2.50. The van der Waals surface area contributed by atoms with Crippen LogP contribution < -0.4 is 0 Å². The molecule has 1 fully saturated rings. The van der Waals surface area contributed by atoms with E-state index in [9.17, 15) is 8.42 Å². The Labute approximate surface area is 78.0 Å². The molecule has 0 saturated heterocycles. The highest BCUT2D eigenvalue weighted by molar-refractivity contribution is 8.15. The van der Waals surface area contributed by atoms with Crippen LogP contribution in [0.25, 0.3) is 0 Å². The van der Waals surface area contributed by atoms with Crippen LogP contribution in [0.4, 0.5) is 0 Å². The largest absolute Gasteiger partial charge is 0.238 e. The van der Waals surface area contributed by atoms with Crippen LogP contribution in [0.1, 0.15) is 32.6 Å². The first-order valence-corrected chi connectivity index (χ1v) is 6.33. The molecule has 0 N–H and O–H groups in total. The van der Waals surface area contributed by atoms with E-state index in [1.54, 1.807) is 0 Å². The van der Waals surface area contributed by atoms with Gasteiger partial charge in [-0.2, -0.15) is 0 Å². The Bertz CT molecular complexity index is 288. The van der Waals surface area contributed by atoms with Gasteiger partial charge < -0.3 is 0 Å². The van der Waals surface area contributed by atoms with Gasteiger partial charge >= 0.3 is 0 Å². The lowest BCUT2D eigenvalue weighted by Gasteiger charge is -2.11. The van der Waals surface area contributed by atoms with Crippen molar-refractivity contribution in [1.29, 1.82) is 0 Å². The summed E-state index contributed by atoms with van der Waals surface area (Å²) < 4.78 is 21.5. The van der Waals surface area contributed by atoms with E-state index in [1.165, 1.54) is 0 Å². The van der Waals surface area contributed by atoms with Gasteiger partial charge in [0.25, 0.3) is 0 Å². The Morgan fingerprint density at radius 3 is 2.33 bits per heavy atom. The van der Waals surface area contributed by atoms with Crippen molar-refractivity contribution in [1.82, 2.24) is 0 Å². The second kappa shape index (κ2) is 3.04. The molecule has 1 rings (SSSR count). The first-order valence-electron chi connectivity index (χ1n) is 4.02. The number of allylic oxidation sites excluding steroid dienone is 1. The summed E-state index contributed by atoms with van der Waals surface area (Å²) in [5, 5.41) is 0. The first-order chi connectivity index (χ1) is 5.41. The number of rotatable bonds is 4. The van der Waals surface area contributed by atoms with Crippen molar-refractivity contribution < 1.29 is 8.42 Å². The monoisotopic (exact) mass is 208 g/mol. The zero-order chi connectivity index (χ0) is 9.41. The van der Waals surface area contributed by atoms with Gasteiger partial charge in [-0.15, -0.1) is 0 Å². The summed E-state index contributed by atoms with van der Waals surface area (Å²) in [6.07, 6.45) is 2.75. The minimum atomic E-state index is -3.39. The molecule has 12 heavy (non-hydrogen) atoms. The van der Waals surface area contributed by atoms with E-state index in [0.29, 0.717) is 19.3 Å². The molecule has 1 aliphatic rings. The summed E-state index contributed by atoms with van der Waals surface area (Å²) in [5.74, 6) is 0. The summed E-state index contributed by atoms with van der Waals surface area (Å²) in [6, 6.07) is 0. The molecular weight excluding hydrogens is 196 g/mol. The molecule has 0 amide bonds. The van der Waals surface area contributed by atoms with Crippen LogP contribution in [-0.2, 0) is 9.05 Å². The van der Waals surface area contributed by atoms with Crippen molar-refractivity contribution in [3.8, 4) is 0 Å². The van der Waals surface area contributed by atoms with E-state index in [4.69, 9.17) is 10.7 Å². The topological polar surface area (TPSA) is 34.1 Å². The van der Waals surface area contributed by atoms with Gasteiger partial charge in [-0.25, -0.2) is 8.42 Å². The minimum Gasteiger partial charge on any atom is -0.212 e. The molecule has 0 atom stereocenters. The molecule has 4 heteroatoms. The van der Waals surface area contributed by atoms with Gasteiger partial charge in [0, 0.05) is 10.7 Å². The lowest BCUT2D eigenvalue weighted by Crippen LogP contribution is -2.18. The van der Waals surface area contributed by atoms with Gasteiger partial charge in [-0.3, -0.25) is 0 Å². The summed E-state index contributed by atoms with van der Waals surface area (Å²) >= 11 is 0. The minimum absolute atomic E-state index is 0.537. The Balaban J connectivity index is 2.70. The molecule has 0 radical (unpaired) electrons. The van der Waals surface area contributed by atoms with E-state index in [0.717, 1.165) is 12.0 Å². The second-order valence-corrected chi connectivity index (χ2v) is 6.36. The van der Waals surface area contributed by atoms with Gasteiger partial charge in [-0.05, 0) is 25.7 Å². The van der Waals surface area contributed by atoms with Crippen molar-refractivity contribution in [2.24, 2.45) is 0 Å². The lowest BCUT2D eigenvalue weighted by atomic mass is 10.1. The predicted octanol–water partition coefficient (Wildman–Crippen LogP) is 2.44. The maximum atomic E-state index is 11.1. The zero-order valence-electron chi connectivity index (χ0n) is 7.14. The lowest BCUT2D eigenvalue weighted by molar-refractivity contribution is 0.588. The molecule has 1 aliphatic carbocycles. The fraction of sp³-hybridized carbons (Fsp3) is 0.750. The van der Waals surface area contributed by atoms with Crippen LogP contribution in [0.3, 0.4) is 0 Å². The number of hydrogen-bond donors (Lipinski definition) is 0. The Hall–Kier alpha value is -0.0200. The van der Waals surface area contributed by atoms with E-state index in [-0.39, 0.29) is 0 Å². The molecule has 0 heterocycles. The normalized spacial score (nSPS) is 20.5. The molecule has 0 aromatic carbocycles. The maximum Gasteiger partial charge on any atom is 0.238 e. The molecule has 0 unspecified atom stereocenters. The van der Waals surface area contributed by atoms with Crippen molar-refractivity contribution in [2.75, 3.05) is 0 Å². The summed E-state index contributed by atoms with van der Waals surface area (Å²) in [6.45, 7) is 5.76. The molecule has 70 valence electrons. The molecule has 0 aromatic rings. The summed E-state index contributed by atoms with van der Waals surface area (Å²) in [5.41, 5.74) is 0.969. The van der Waals surface area contributed by atoms with Gasteiger partial charge in [0.2, 0.25) is 9.05 Å². The second-order valence-electron chi connectivity index (χ2n) is 3.40. The number of halogens is 1. The Morgan fingerprint density at radius 1 is 1.58 bits per heavy atom. The third-order valence-electron chi connectivity index (χ3n) is 2.40. The Morgan fingerprint density at radius 2 is 2.08 bits per heavy atom. The third kappa shape index (κ3) is 1.83. The molecule has 1 saturated carbocycles. The average molecular weight is 209 g/mol. The molecule has 0 bridgehead atoms. The van der Waals surface area contributed by atoms with E-state index in [1.807, 2.05) is 6.92 Å². The molecule has 2 nitrogen and oxygen atoms in total. The SMILES string of the molecule is C=C(CC)CC1(S(=O)(=O)Cl)CC1. The van der Waals surface area contributed by atoms with Crippen molar-refractivity contribution >= 4 is 19.7 Å².